The van der Waals surface area contributed by atoms with Crippen molar-refractivity contribution in [2.45, 2.75) is 55.2 Å². The molecule has 2 fully saturated rings. The highest BCUT2D eigenvalue weighted by atomic mass is 32.2. The molecule has 0 aliphatic carbocycles. The second-order valence-electron chi connectivity index (χ2n) is 7.13. The zero-order valence-electron chi connectivity index (χ0n) is 15.0. The smallest absolute Gasteiger partial charge is 0.319 e. The van der Waals surface area contributed by atoms with Crippen molar-refractivity contribution in [3.8, 4) is 0 Å². The third kappa shape index (κ3) is 4.08. The van der Waals surface area contributed by atoms with Crippen LogP contribution in [0.1, 0.15) is 30.6 Å². The van der Waals surface area contributed by atoms with Crippen LogP contribution in [0.5, 0.6) is 0 Å². The van der Waals surface area contributed by atoms with Gasteiger partial charge in [0.15, 0.2) is 0 Å². The van der Waals surface area contributed by atoms with Crippen LogP contribution in [0.25, 0.3) is 0 Å². The number of carbonyl (C=O) groups is 1. The van der Waals surface area contributed by atoms with E-state index < -0.39 is 0 Å². The predicted octanol–water partition coefficient (Wildman–Crippen LogP) is 4.79. The maximum absolute atomic E-state index is 12.4. The number of amides is 2. The molecule has 0 spiro atoms. The van der Waals surface area contributed by atoms with E-state index >= 15 is 0 Å². The lowest BCUT2D eigenvalue weighted by molar-refractivity contribution is 0.113. The molecule has 2 aliphatic heterocycles. The number of nitrogens with zero attached hydrogens (tertiary/aromatic N) is 1. The molecule has 2 N–H and O–H groups in total. The first-order valence-electron chi connectivity index (χ1n) is 9.21. The molecule has 2 bridgehead atoms. The number of hydrogen-bond acceptors (Lipinski definition) is 4. The molecule has 4 rings (SSSR count). The maximum atomic E-state index is 12.4. The minimum atomic E-state index is -0.0852. The van der Waals surface area contributed by atoms with Gasteiger partial charge in [0.25, 0.3) is 0 Å². The molecule has 3 atom stereocenters. The highest BCUT2D eigenvalue weighted by Crippen LogP contribution is 2.37. The van der Waals surface area contributed by atoms with Crippen LogP contribution in [-0.2, 0) is 6.54 Å². The van der Waals surface area contributed by atoms with E-state index in [1.165, 1.54) is 22.6 Å². The number of thioether (sulfide) groups is 1. The molecule has 4 nitrogen and oxygen atoms in total. The number of anilines is 1. The number of hydrogen-bond donors (Lipinski definition) is 2. The van der Waals surface area contributed by atoms with Crippen LogP contribution in [0.3, 0.4) is 0 Å². The average Bonchev–Trinajstić information content (AvgIpc) is 3.22. The Kier molecular flexibility index (Phi) is 5.52. The fraction of sp³-hybridized carbons (Fsp3) is 0.450. The second-order valence-corrected chi connectivity index (χ2v) is 9.04. The number of thiophene rings is 1. The minimum absolute atomic E-state index is 0.0852. The van der Waals surface area contributed by atoms with Gasteiger partial charge in [0.05, 0.1) is 0 Å². The fourth-order valence-electron chi connectivity index (χ4n) is 4.26. The zero-order chi connectivity index (χ0) is 17.9. The first kappa shape index (κ1) is 17.9. The first-order chi connectivity index (χ1) is 12.7. The average molecular weight is 388 g/mol. The SMILES string of the molecule is CSc1ccc(NC(=O)NC2C[C@H]3CC[C@@H](C2)N3Cc2cccs2)cc1. The second kappa shape index (κ2) is 8.03. The Morgan fingerprint density at radius 2 is 1.92 bits per heavy atom. The summed E-state index contributed by atoms with van der Waals surface area (Å²) in [4.78, 5) is 17.7. The van der Waals surface area contributed by atoms with E-state index in [4.69, 9.17) is 0 Å². The Labute approximate surface area is 163 Å². The van der Waals surface area contributed by atoms with Crippen molar-refractivity contribution in [3.05, 3.63) is 46.7 Å². The van der Waals surface area contributed by atoms with Gasteiger partial charge in [-0.1, -0.05) is 6.07 Å². The molecule has 2 amide bonds. The molecule has 0 radical (unpaired) electrons. The molecule has 3 heterocycles. The number of carbonyl (C=O) groups excluding carboxylic acids is 1. The molecule has 2 aromatic rings. The fourth-order valence-corrected chi connectivity index (χ4v) is 5.38. The van der Waals surface area contributed by atoms with Crippen molar-refractivity contribution in [2.75, 3.05) is 11.6 Å². The van der Waals surface area contributed by atoms with Gasteiger partial charge in [-0.05, 0) is 67.7 Å². The third-order valence-corrected chi connectivity index (χ3v) is 7.09. The number of rotatable bonds is 5. The Morgan fingerprint density at radius 3 is 2.54 bits per heavy atom. The van der Waals surface area contributed by atoms with Crippen LogP contribution in [0, 0.1) is 0 Å². The van der Waals surface area contributed by atoms with Crippen LogP contribution in [-0.4, -0.2) is 35.3 Å². The van der Waals surface area contributed by atoms with E-state index in [0.717, 1.165) is 25.1 Å². The number of nitrogens with one attached hydrogen (secondary N) is 2. The van der Waals surface area contributed by atoms with E-state index in [1.807, 2.05) is 41.9 Å². The summed E-state index contributed by atoms with van der Waals surface area (Å²) in [6, 6.07) is 13.7. The molecule has 0 saturated carbocycles. The van der Waals surface area contributed by atoms with Gasteiger partial charge in [-0.3, -0.25) is 4.90 Å². The summed E-state index contributed by atoms with van der Waals surface area (Å²) in [6.45, 7) is 1.06. The standard InChI is InChI=1S/C20H25N3OS2/c1-25-18-8-4-14(5-9-18)21-20(24)22-15-11-16-6-7-17(12-15)23(16)13-19-3-2-10-26-19/h2-5,8-10,15-17H,6-7,11-13H2,1H3,(H2,21,22,24)/t15?,16-,17+. The molecular formula is C20H25N3OS2. The van der Waals surface area contributed by atoms with Crippen LogP contribution in [0.15, 0.2) is 46.7 Å². The quantitative estimate of drug-likeness (QED) is 0.725. The number of benzene rings is 1. The van der Waals surface area contributed by atoms with Crippen molar-refractivity contribution >= 4 is 34.8 Å². The highest BCUT2D eigenvalue weighted by Gasteiger charge is 2.41. The normalized spacial score (nSPS) is 25.2. The van der Waals surface area contributed by atoms with E-state index in [9.17, 15) is 4.79 Å². The van der Waals surface area contributed by atoms with Crippen LogP contribution in [0.4, 0.5) is 10.5 Å². The molecule has 1 aromatic carbocycles. The zero-order valence-corrected chi connectivity index (χ0v) is 16.6. The van der Waals surface area contributed by atoms with Crippen LogP contribution < -0.4 is 10.6 Å². The first-order valence-corrected chi connectivity index (χ1v) is 11.3. The van der Waals surface area contributed by atoms with Crippen LogP contribution >= 0.6 is 23.1 Å². The summed E-state index contributed by atoms with van der Waals surface area (Å²) in [5, 5.41) is 8.32. The Morgan fingerprint density at radius 1 is 1.19 bits per heavy atom. The summed E-state index contributed by atoms with van der Waals surface area (Å²) >= 11 is 3.54. The van der Waals surface area contributed by atoms with E-state index in [-0.39, 0.29) is 12.1 Å². The topological polar surface area (TPSA) is 44.4 Å². The van der Waals surface area contributed by atoms with Gasteiger partial charge in [0.1, 0.15) is 0 Å². The van der Waals surface area contributed by atoms with Crippen molar-refractivity contribution in [2.24, 2.45) is 0 Å². The Hall–Kier alpha value is -1.50. The van der Waals surface area contributed by atoms with E-state index in [0.29, 0.717) is 12.1 Å². The van der Waals surface area contributed by atoms with Gasteiger partial charge in [-0.15, -0.1) is 23.1 Å². The molecule has 1 unspecified atom stereocenters. The summed E-state index contributed by atoms with van der Waals surface area (Å²) < 4.78 is 0. The van der Waals surface area contributed by atoms with Gasteiger partial charge in [0.2, 0.25) is 0 Å². The third-order valence-electron chi connectivity index (χ3n) is 5.49. The van der Waals surface area contributed by atoms with Crippen molar-refractivity contribution in [3.63, 3.8) is 0 Å². The Balaban J connectivity index is 1.30. The summed E-state index contributed by atoms with van der Waals surface area (Å²) in [5.41, 5.74) is 0.846. The molecule has 138 valence electrons. The van der Waals surface area contributed by atoms with Crippen molar-refractivity contribution in [1.82, 2.24) is 10.2 Å². The molecular weight excluding hydrogens is 362 g/mol. The van der Waals surface area contributed by atoms with E-state index in [2.05, 4.69) is 33.0 Å². The number of urea groups is 1. The lowest BCUT2D eigenvalue weighted by atomic mass is 9.97. The van der Waals surface area contributed by atoms with Gasteiger partial charge < -0.3 is 10.6 Å². The van der Waals surface area contributed by atoms with Gasteiger partial charge in [-0.25, -0.2) is 4.79 Å². The molecule has 6 heteroatoms. The maximum Gasteiger partial charge on any atom is 0.319 e. The number of piperidine rings is 1. The number of fused-ring (bicyclic) bond motifs is 2. The molecule has 26 heavy (non-hydrogen) atoms. The highest BCUT2D eigenvalue weighted by molar-refractivity contribution is 7.98. The largest absolute Gasteiger partial charge is 0.335 e. The van der Waals surface area contributed by atoms with E-state index in [1.54, 1.807) is 11.8 Å². The lowest BCUT2D eigenvalue weighted by Crippen LogP contribution is -2.50. The summed E-state index contributed by atoms with van der Waals surface area (Å²) in [5.74, 6) is 0. The van der Waals surface area contributed by atoms with Gasteiger partial charge >= 0.3 is 6.03 Å². The predicted molar refractivity (Wildman–Crippen MR) is 110 cm³/mol. The molecule has 1 aromatic heterocycles. The van der Waals surface area contributed by atoms with Crippen molar-refractivity contribution in [1.29, 1.82) is 0 Å². The lowest BCUT2D eigenvalue weighted by Gasteiger charge is -2.39. The van der Waals surface area contributed by atoms with Crippen molar-refractivity contribution < 1.29 is 4.79 Å². The molecule has 2 aliphatic rings. The summed E-state index contributed by atoms with van der Waals surface area (Å²) in [7, 11) is 0. The van der Waals surface area contributed by atoms with Gasteiger partial charge in [0, 0.05) is 40.1 Å². The minimum Gasteiger partial charge on any atom is -0.335 e. The Bertz CT molecular complexity index is 718. The summed E-state index contributed by atoms with van der Waals surface area (Å²) in [6.07, 6.45) is 6.67. The monoisotopic (exact) mass is 387 g/mol. The molecule has 2 saturated heterocycles. The van der Waals surface area contributed by atoms with Crippen LogP contribution in [0.2, 0.25) is 0 Å². The van der Waals surface area contributed by atoms with Gasteiger partial charge in [-0.2, -0.15) is 0 Å².